The minimum absolute atomic E-state index is 0.171. The monoisotopic (exact) mass is 213 g/mol. The molecule has 1 amide bonds. The first-order valence-corrected chi connectivity index (χ1v) is 5.21. The number of hydrogen-bond donors (Lipinski definition) is 1. The zero-order valence-electron chi connectivity index (χ0n) is 7.75. The normalized spacial score (nSPS) is 18.6. The molecule has 76 valence electrons. The highest BCUT2D eigenvalue weighted by molar-refractivity contribution is 6.19. The standard InChI is InChI=1S/C10H12ClNO2/c11-7-10(4-2-5-10)12-9(13)8-3-1-6-14-8/h1,3,6H,2,4-5,7H2,(H,12,13). The van der Waals surface area contributed by atoms with E-state index in [1.54, 1.807) is 12.1 Å². The molecule has 0 aromatic carbocycles. The van der Waals surface area contributed by atoms with E-state index in [1.165, 1.54) is 6.26 Å². The Morgan fingerprint density at radius 1 is 1.64 bits per heavy atom. The minimum Gasteiger partial charge on any atom is -0.459 e. The summed E-state index contributed by atoms with van der Waals surface area (Å²) in [4.78, 5) is 11.6. The molecule has 1 fully saturated rings. The number of amides is 1. The zero-order valence-corrected chi connectivity index (χ0v) is 8.51. The van der Waals surface area contributed by atoms with Gasteiger partial charge in [0.1, 0.15) is 0 Å². The van der Waals surface area contributed by atoms with Gasteiger partial charge >= 0.3 is 0 Å². The van der Waals surface area contributed by atoms with Gasteiger partial charge in [-0.15, -0.1) is 11.6 Å². The van der Waals surface area contributed by atoms with Crippen LogP contribution in [0.3, 0.4) is 0 Å². The third-order valence-corrected chi connectivity index (χ3v) is 3.20. The van der Waals surface area contributed by atoms with Gasteiger partial charge in [-0.2, -0.15) is 0 Å². The van der Waals surface area contributed by atoms with E-state index >= 15 is 0 Å². The maximum Gasteiger partial charge on any atom is 0.287 e. The predicted octanol–water partition coefficient (Wildman–Crippen LogP) is 2.17. The molecular weight excluding hydrogens is 202 g/mol. The Morgan fingerprint density at radius 3 is 2.86 bits per heavy atom. The minimum atomic E-state index is -0.189. The summed E-state index contributed by atoms with van der Waals surface area (Å²) in [7, 11) is 0. The van der Waals surface area contributed by atoms with Crippen LogP contribution in [0.25, 0.3) is 0 Å². The van der Waals surface area contributed by atoms with Gasteiger partial charge in [0.2, 0.25) is 0 Å². The Hall–Kier alpha value is -0.960. The molecule has 3 nitrogen and oxygen atoms in total. The molecule has 1 aliphatic rings. The third-order valence-electron chi connectivity index (χ3n) is 2.69. The number of carbonyl (C=O) groups excluding carboxylic acids is 1. The highest BCUT2D eigenvalue weighted by Gasteiger charge is 2.38. The molecule has 0 atom stereocenters. The van der Waals surface area contributed by atoms with Crippen molar-refractivity contribution in [3.63, 3.8) is 0 Å². The zero-order chi connectivity index (χ0) is 10.0. The molecule has 2 rings (SSSR count). The van der Waals surface area contributed by atoms with E-state index in [0.29, 0.717) is 11.6 Å². The average molecular weight is 214 g/mol. The highest BCUT2D eigenvalue weighted by atomic mass is 35.5. The van der Waals surface area contributed by atoms with Crippen molar-refractivity contribution >= 4 is 17.5 Å². The number of alkyl halides is 1. The number of nitrogens with one attached hydrogen (secondary N) is 1. The van der Waals surface area contributed by atoms with Gasteiger partial charge in [0, 0.05) is 5.88 Å². The Bertz CT molecular complexity index is 311. The van der Waals surface area contributed by atoms with E-state index in [4.69, 9.17) is 16.0 Å². The molecule has 1 heterocycles. The van der Waals surface area contributed by atoms with Gasteiger partial charge in [-0.3, -0.25) is 4.79 Å². The summed E-state index contributed by atoms with van der Waals surface area (Å²) in [5, 5.41) is 2.92. The Balaban J connectivity index is 2.01. The van der Waals surface area contributed by atoms with Crippen LogP contribution in [0.5, 0.6) is 0 Å². The third kappa shape index (κ3) is 1.64. The van der Waals surface area contributed by atoms with Crippen LogP contribution in [0.2, 0.25) is 0 Å². The molecule has 0 unspecified atom stereocenters. The van der Waals surface area contributed by atoms with Crippen LogP contribution in [0.4, 0.5) is 0 Å². The first-order chi connectivity index (χ1) is 6.76. The van der Waals surface area contributed by atoms with Crippen LogP contribution < -0.4 is 5.32 Å². The lowest BCUT2D eigenvalue weighted by molar-refractivity contribution is 0.0825. The molecule has 1 N–H and O–H groups in total. The maximum absolute atomic E-state index is 11.6. The smallest absolute Gasteiger partial charge is 0.287 e. The second-order valence-electron chi connectivity index (χ2n) is 3.70. The Labute approximate surface area is 87.4 Å². The van der Waals surface area contributed by atoms with E-state index in [1.807, 2.05) is 0 Å². The van der Waals surface area contributed by atoms with Crippen molar-refractivity contribution in [3.05, 3.63) is 24.2 Å². The van der Waals surface area contributed by atoms with Crippen molar-refractivity contribution in [1.29, 1.82) is 0 Å². The quantitative estimate of drug-likeness (QED) is 0.782. The van der Waals surface area contributed by atoms with E-state index in [9.17, 15) is 4.79 Å². The molecule has 1 saturated carbocycles. The van der Waals surface area contributed by atoms with Crippen LogP contribution >= 0.6 is 11.6 Å². The lowest BCUT2D eigenvalue weighted by Gasteiger charge is -2.40. The summed E-state index contributed by atoms with van der Waals surface area (Å²) in [6.07, 6.45) is 4.54. The van der Waals surface area contributed by atoms with Gasteiger partial charge in [0.25, 0.3) is 5.91 Å². The summed E-state index contributed by atoms with van der Waals surface area (Å²) in [5.41, 5.74) is -0.189. The number of rotatable bonds is 3. The average Bonchev–Trinajstić information content (AvgIpc) is 2.63. The molecule has 1 aromatic heterocycles. The second kappa shape index (κ2) is 3.65. The van der Waals surface area contributed by atoms with Crippen LogP contribution in [0, 0.1) is 0 Å². The lowest BCUT2D eigenvalue weighted by Crippen LogP contribution is -2.54. The van der Waals surface area contributed by atoms with Crippen LogP contribution in [0.15, 0.2) is 22.8 Å². The fourth-order valence-electron chi connectivity index (χ4n) is 1.61. The molecule has 0 bridgehead atoms. The van der Waals surface area contributed by atoms with Crippen molar-refractivity contribution in [3.8, 4) is 0 Å². The summed E-state index contributed by atoms with van der Waals surface area (Å²) < 4.78 is 5.00. The second-order valence-corrected chi connectivity index (χ2v) is 3.97. The Morgan fingerprint density at radius 2 is 2.43 bits per heavy atom. The molecule has 0 radical (unpaired) electrons. The number of hydrogen-bond acceptors (Lipinski definition) is 2. The molecule has 1 aliphatic carbocycles. The van der Waals surface area contributed by atoms with Gasteiger partial charge in [0.05, 0.1) is 11.8 Å². The molecule has 4 heteroatoms. The van der Waals surface area contributed by atoms with Crippen molar-refractivity contribution in [2.24, 2.45) is 0 Å². The maximum atomic E-state index is 11.6. The largest absolute Gasteiger partial charge is 0.459 e. The van der Waals surface area contributed by atoms with Gasteiger partial charge in [-0.25, -0.2) is 0 Å². The van der Waals surface area contributed by atoms with Crippen LogP contribution in [-0.4, -0.2) is 17.3 Å². The molecular formula is C10H12ClNO2. The van der Waals surface area contributed by atoms with Gasteiger partial charge < -0.3 is 9.73 Å². The number of carbonyl (C=O) groups is 1. The fraction of sp³-hybridized carbons (Fsp3) is 0.500. The van der Waals surface area contributed by atoms with E-state index < -0.39 is 0 Å². The van der Waals surface area contributed by atoms with E-state index in [0.717, 1.165) is 19.3 Å². The van der Waals surface area contributed by atoms with Crippen LogP contribution in [-0.2, 0) is 0 Å². The molecule has 1 aromatic rings. The van der Waals surface area contributed by atoms with Crippen LogP contribution in [0.1, 0.15) is 29.8 Å². The van der Waals surface area contributed by atoms with E-state index in [2.05, 4.69) is 5.32 Å². The predicted molar refractivity (Wildman–Crippen MR) is 53.5 cm³/mol. The van der Waals surface area contributed by atoms with E-state index in [-0.39, 0.29) is 11.4 Å². The summed E-state index contributed by atoms with van der Waals surface area (Å²) >= 11 is 5.82. The topological polar surface area (TPSA) is 42.2 Å². The van der Waals surface area contributed by atoms with Gasteiger partial charge in [0.15, 0.2) is 5.76 Å². The van der Waals surface area contributed by atoms with Gasteiger partial charge in [-0.05, 0) is 31.4 Å². The first kappa shape index (κ1) is 9.59. The van der Waals surface area contributed by atoms with Crippen molar-refractivity contribution < 1.29 is 9.21 Å². The SMILES string of the molecule is O=C(NC1(CCl)CCC1)c1ccco1. The lowest BCUT2D eigenvalue weighted by atomic mass is 9.78. The van der Waals surface area contributed by atoms with Crippen molar-refractivity contribution in [2.45, 2.75) is 24.8 Å². The fourth-order valence-corrected chi connectivity index (χ4v) is 1.94. The first-order valence-electron chi connectivity index (χ1n) is 4.68. The molecule has 0 saturated heterocycles. The molecule has 0 spiro atoms. The molecule has 0 aliphatic heterocycles. The number of furan rings is 1. The summed E-state index contributed by atoms with van der Waals surface area (Å²) in [6.45, 7) is 0. The van der Waals surface area contributed by atoms with Crippen molar-refractivity contribution in [2.75, 3.05) is 5.88 Å². The summed E-state index contributed by atoms with van der Waals surface area (Å²) in [6, 6.07) is 3.35. The highest BCUT2D eigenvalue weighted by Crippen LogP contribution is 2.33. The molecule has 14 heavy (non-hydrogen) atoms. The van der Waals surface area contributed by atoms with Gasteiger partial charge in [-0.1, -0.05) is 0 Å². The summed E-state index contributed by atoms with van der Waals surface area (Å²) in [5.74, 6) is 0.649. The van der Waals surface area contributed by atoms with Crippen molar-refractivity contribution in [1.82, 2.24) is 5.32 Å². The number of halogens is 1. The Kier molecular flexibility index (Phi) is 2.50.